The quantitative estimate of drug-likeness (QED) is 0.767. The molecule has 6 nitrogen and oxygen atoms in total. The molecule has 1 atom stereocenters. The minimum atomic E-state index is -0.987. The molecule has 1 aromatic heterocycles. The number of aryl methyl sites for hydroxylation is 1. The van der Waals surface area contributed by atoms with E-state index in [9.17, 15) is 14.4 Å². The topological polar surface area (TPSA) is 105 Å². The molecule has 2 amide bonds. The summed E-state index contributed by atoms with van der Waals surface area (Å²) >= 11 is 0. The molecular formula is C15H15N3O3. The average molecular weight is 285 g/mol. The summed E-state index contributed by atoms with van der Waals surface area (Å²) in [7, 11) is 0. The second-order valence-corrected chi connectivity index (χ2v) is 4.60. The van der Waals surface area contributed by atoms with E-state index < -0.39 is 23.4 Å². The van der Waals surface area contributed by atoms with E-state index in [1.807, 2.05) is 0 Å². The highest BCUT2D eigenvalue weighted by atomic mass is 16.2. The number of carbonyl (C=O) groups excluding carboxylic acids is 2. The number of amides is 2. The van der Waals surface area contributed by atoms with Crippen molar-refractivity contribution in [3.05, 3.63) is 69.6 Å². The number of benzene rings is 1. The van der Waals surface area contributed by atoms with Crippen LogP contribution in [-0.4, -0.2) is 16.8 Å². The number of nitrogens with two attached hydrogens (primary N) is 1. The van der Waals surface area contributed by atoms with Crippen molar-refractivity contribution in [2.75, 3.05) is 0 Å². The Morgan fingerprint density at radius 2 is 1.81 bits per heavy atom. The van der Waals surface area contributed by atoms with Gasteiger partial charge in [0, 0.05) is 5.69 Å². The largest absolute Gasteiger partial charge is 0.368 e. The molecule has 0 aliphatic rings. The van der Waals surface area contributed by atoms with Gasteiger partial charge >= 0.3 is 0 Å². The van der Waals surface area contributed by atoms with E-state index >= 15 is 0 Å². The summed E-state index contributed by atoms with van der Waals surface area (Å²) in [5.74, 6) is -1.35. The van der Waals surface area contributed by atoms with Gasteiger partial charge in [0.25, 0.3) is 11.5 Å². The molecule has 2 aromatic rings. The number of hydrogen-bond donors (Lipinski definition) is 3. The number of pyridine rings is 1. The number of primary amides is 1. The van der Waals surface area contributed by atoms with Crippen molar-refractivity contribution in [1.82, 2.24) is 10.3 Å². The van der Waals surface area contributed by atoms with Crippen molar-refractivity contribution in [3.63, 3.8) is 0 Å². The monoisotopic (exact) mass is 285 g/mol. The Hall–Kier alpha value is -2.89. The maximum atomic E-state index is 12.1. The Balaban J connectivity index is 2.27. The summed E-state index contributed by atoms with van der Waals surface area (Å²) in [6, 6.07) is 10.6. The maximum absolute atomic E-state index is 12.1. The number of hydrogen-bond acceptors (Lipinski definition) is 3. The van der Waals surface area contributed by atoms with Gasteiger partial charge in [0.05, 0.1) is 0 Å². The first-order chi connectivity index (χ1) is 9.99. The van der Waals surface area contributed by atoms with Crippen LogP contribution in [0.15, 0.2) is 47.3 Å². The zero-order chi connectivity index (χ0) is 15.4. The molecule has 0 aliphatic heterocycles. The molecule has 0 saturated heterocycles. The first-order valence-electron chi connectivity index (χ1n) is 6.34. The molecule has 0 spiro atoms. The van der Waals surface area contributed by atoms with E-state index in [4.69, 9.17) is 5.73 Å². The molecule has 6 heteroatoms. The summed E-state index contributed by atoms with van der Waals surface area (Å²) in [6.07, 6.45) is 0. The van der Waals surface area contributed by atoms with Crippen LogP contribution in [0.5, 0.6) is 0 Å². The lowest BCUT2D eigenvalue weighted by atomic mass is 10.1. The fourth-order valence-corrected chi connectivity index (χ4v) is 1.92. The van der Waals surface area contributed by atoms with Crippen molar-refractivity contribution < 1.29 is 9.59 Å². The molecule has 1 heterocycles. The van der Waals surface area contributed by atoms with Gasteiger partial charge in [-0.2, -0.15) is 0 Å². The number of aromatic amines is 1. The van der Waals surface area contributed by atoms with Crippen LogP contribution in [0.1, 0.15) is 27.7 Å². The Labute approximate surface area is 121 Å². The van der Waals surface area contributed by atoms with E-state index in [0.717, 1.165) is 0 Å². The lowest BCUT2D eigenvalue weighted by Gasteiger charge is -2.15. The summed E-state index contributed by atoms with van der Waals surface area (Å²) in [4.78, 5) is 37.9. The molecule has 2 rings (SSSR count). The van der Waals surface area contributed by atoms with Crippen LogP contribution in [-0.2, 0) is 4.79 Å². The highest BCUT2D eigenvalue weighted by Crippen LogP contribution is 2.12. The third-order valence-corrected chi connectivity index (χ3v) is 2.99. The SMILES string of the molecule is Cc1ccc(C(=O)N[C@H](C(N)=O)c2ccccc2)c(=O)[nH]1. The fraction of sp³-hybridized carbons (Fsp3) is 0.133. The Kier molecular flexibility index (Phi) is 4.18. The van der Waals surface area contributed by atoms with Crippen molar-refractivity contribution in [2.45, 2.75) is 13.0 Å². The zero-order valence-electron chi connectivity index (χ0n) is 11.4. The second kappa shape index (κ2) is 6.04. The number of rotatable bonds is 4. The summed E-state index contributed by atoms with van der Waals surface area (Å²) in [6.45, 7) is 1.71. The zero-order valence-corrected chi connectivity index (χ0v) is 11.4. The smallest absolute Gasteiger partial charge is 0.260 e. The minimum absolute atomic E-state index is 0.0669. The van der Waals surface area contributed by atoms with E-state index in [2.05, 4.69) is 10.3 Å². The molecule has 0 unspecified atom stereocenters. The van der Waals surface area contributed by atoms with Crippen LogP contribution in [0.4, 0.5) is 0 Å². The van der Waals surface area contributed by atoms with E-state index in [1.165, 1.54) is 6.07 Å². The lowest BCUT2D eigenvalue weighted by molar-refractivity contribution is -0.120. The minimum Gasteiger partial charge on any atom is -0.368 e. The molecule has 0 radical (unpaired) electrons. The van der Waals surface area contributed by atoms with E-state index in [1.54, 1.807) is 43.3 Å². The third-order valence-electron chi connectivity index (χ3n) is 2.99. The molecule has 0 aliphatic carbocycles. The number of H-pyrrole nitrogens is 1. The predicted octanol–water partition coefficient (Wildman–Crippen LogP) is 0.640. The van der Waals surface area contributed by atoms with Gasteiger partial charge in [-0.15, -0.1) is 0 Å². The highest BCUT2D eigenvalue weighted by molar-refractivity contribution is 5.97. The van der Waals surface area contributed by atoms with Crippen LogP contribution < -0.4 is 16.6 Å². The Morgan fingerprint density at radius 3 is 2.38 bits per heavy atom. The van der Waals surface area contributed by atoms with Crippen LogP contribution in [0.2, 0.25) is 0 Å². The van der Waals surface area contributed by atoms with Gasteiger partial charge < -0.3 is 16.0 Å². The van der Waals surface area contributed by atoms with Gasteiger partial charge in [-0.1, -0.05) is 30.3 Å². The summed E-state index contributed by atoms with van der Waals surface area (Å²) in [5.41, 5.74) is 5.94. The molecule has 0 fully saturated rings. The van der Waals surface area contributed by atoms with E-state index in [0.29, 0.717) is 11.3 Å². The number of carbonyl (C=O) groups is 2. The van der Waals surface area contributed by atoms with Gasteiger partial charge in [0.1, 0.15) is 11.6 Å². The van der Waals surface area contributed by atoms with Gasteiger partial charge in [0.15, 0.2) is 0 Å². The standard InChI is InChI=1S/C15H15N3O3/c1-9-7-8-11(14(20)17-9)15(21)18-12(13(16)19)10-5-3-2-4-6-10/h2-8,12H,1H3,(H2,16,19)(H,17,20)(H,18,21)/t12-/m0/s1. The molecule has 0 saturated carbocycles. The molecule has 4 N–H and O–H groups in total. The van der Waals surface area contributed by atoms with Crippen LogP contribution >= 0.6 is 0 Å². The highest BCUT2D eigenvalue weighted by Gasteiger charge is 2.21. The van der Waals surface area contributed by atoms with Crippen LogP contribution in [0.3, 0.4) is 0 Å². The van der Waals surface area contributed by atoms with Crippen molar-refractivity contribution >= 4 is 11.8 Å². The van der Waals surface area contributed by atoms with Crippen LogP contribution in [0, 0.1) is 6.92 Å². The van der Waals surface area contributed by atoms with Gasteiger partial charge in [-0.3, -0.25) is 14.4 Å². The van der Waals surface area contributed by atoms with Crippen molar-refractivity contribution in [1.29, 1.82) is 0 Å². The summed E-state index contributed by atoms with van der Waals surface area (Å²) < 4.78 is 0. The number of aromatic nitrogens is 1. The Morgan fingerprint density at radius 1 is 1.14 bits per heavy atom. The lowest BCUT2D eigenvalue weighted by Crippen LogP contribution is -2.39. The third kappa shape index (κ3) is 3.36. The van der Waals surface area contributed by atoms with Crippen LogP contribution in [0.25, 0.3) is 0 Å². The molecule has 108 valence electrons. The Bertz CT molecular complexity index is 722. The normalized spacial score (nSPS) is 11.7. The molecule has 21 heavy (non-hydrogen) atoms. The molecular weight excluding hydrogens is 270 g/mol. The summed E-state index contributed by atoms with van der Waals surface area (Å²) in [5, 5.41) is 2.48. The van der Waals surface area contributed by atoms with Gasteiger partial charge in [-0.05, 0) is 24.6 Å². The van der Waals surface area contributed by atoms with Crippen molar-refractivity contribution in [3.8, 4) is 0 Å². The maximum Gasteiger partial charge on any atom is 0.260 e. The molecule has 1 aromatic carbocycles. The van der Waals surface area contributed by atoms with Gasteiger partial charge in [0.2, 0.25) is 5.91 Å². The predicted molar refractivity (Wildman–Crippen MR) is 77.6 cm³/mol. The second-order valence-electron chi connectivity index (χ2n) is 4.60. The molecule has 0 bridgehead atoms. The number of nitrogens with one attached hydrogen (secondary N) is 2. The average Bonchev–Trinajstić information content (AvgIpc) is 2.45. The van der Waals surface area contributed by atoms with Crippen molar-refractivity contribution in [2.24, 2.45) is 5.73 Å². The first-order valence-corrected chi connectivity index (χ1v) is 6.34. The fourth-order valence-electron chi connectivity index (χ4n) is 1.92. The first kappa shape index (κ1) is 14.5. The van der Waals surface area contributed by atoms with E-state index in [-0.39, 0.29) is 5.56 Å². The van der Waals surface area contributed by atoms with Gasteiger partial charge in [-0.25, -0.2) is 0 Å².